The highest BCUT2D eigenvalue weighted by Gasteiger charge is 2.37. The van der Waals surface area contributed by atoms with Crippen LogP contribution >= 0.6 is 0 Å². The van der Waals surface area contributed by atoms with Crippen molar-refractivity contribution in [1.82, 2.24) is 4.90 Å². The molecule has 2 atom stereocenters. The van der Waals surface area contributed by atoms with Crippen LogP contribution in [-0.4, -0.2) is 48.3 Å². The number of rotatable bonds is 3. The summed E-state index contributed by atoms with van der Waals surface area (Å²) in [5, 5.41) is 9.16. The molecule has 1 saturated carbocycles. The van der Waals surface area contributed by atoms with Gasteiger partial charge >= 0.3 is 5.97 Å². The van der Waals surface area contributed by atoms with E-state index in [2.05, 4.69) is 4.90 Å². The van der Waals surface area contributed by atoms with Crippen molar-refractivity contribution in [2.75, 3.05) is 20.2 Å². The number of aliphatic carboxylic acids is 1. The summed E-state index contributed by atoms with van der Waals surface area (Å²) in [6, 6.07) is 0.273. The largest absolute Gasteiger partial charge is 0.481 e. The molecule has 0 radical (unpaired) electrons. The molecule has 0 aromatic rings. The molecule has 0 spiro atoms. The molecule has 1 saturated heterocycles. The van der Waals surface area contributed by atoms with Crippen LogP contribution in [0.5, 0.6) is 0 Å². The van der Waals surface area contributed by atoms with Crippen LogP contribution in [0.2, 0.25) is 0 Å². The summed E-state index contributed by atoms with van der Waals surface area (Å²) in [7, 11) is 1.76. The van der Waals surface area contributed by atoms with Gasteiger partial charge in [0.05, 0.1) is 12.0 Å². The summed E-state index contributed by atoms with van der Waals surface area (Å²) >= 11 is 0. The Balaban J connectivity index is 1.90. The fourth-order valence-electron chi connectivity index (χ4n) is 3.11. The second-order valence-electron chi connectivity index (χ2n) is 4.91. The normalized spacial score (nSPS) is 33.1. The number of methoxy groups -OCH3 is 1. The molecule has 0 bridgehead atoms. The zero-order valence-electron chi connectivity index (χ0n) is 9.89. The lowest BCUT2D eigenvalue weighted by molar-refractivity contribution is -0.143. The van der Waals surface area contributed by atoms with E-state index in [-0.39, 0.29) is 12.0 Å². The zero-order valence-corrected chi connectivity index (χ0v) is 9.89. The van der Waals surface area contributed by atoms with Crippen LogP contribution in [0.3, 0.4) is 0 Å². The van der Waals surface area contributed by atoms with E-state index in [9.17, 15) is 4.79 Å². The number of carboxylic acids is 1. The lowest BCUT2D eigenvalue weighted by Crippen LogP contribution is -2.46. The maximum atomic E-state index is 11.1. The lowest BCUT2D eigenvalue weighted by atomic mass is 9.98. The first-order valence-corrected chi connectivity index (χ1v) is 6.22. The van der Waals surface area contributed by atoms with Gasteiger partial charge in [0.2, 0.25) is 0 Å². The minimum absolute atomic E-state index is 0.140. The summed E-state index contributed by atoms with van der Waals surface area (Å²) in [5.74, 6) is -0.754. The van der Waals surface area contributed by atoms with Gasteiger partial charge < -0.3 is 9.84 Å². The number of piperidine rings is 1. The number of carboxylic acid groups (broad SMARTS) is 1. The molecule has 92 valence electrons. The molecule has 0 amide bonds. The Hall–Kier alpha value is -0.610. The van der Waals surface area contributed by atoms with Crippen LogP contribution in [0.25, 0.3) is 0 Å². The maximum Gasteiger partial charge on any atom is 0.308 e. The molecule has 0 aromatic heterocycles. The van der Waals surface area contributed by atoms with Crippen molar-refractivity contribution in [3.05, 3.63) is 0 Å². The van der Waals surface area contributed by atoms with Gasteiger partial charge in [-0.25, -0.2) is 0 Å². The second kappa shape index (κ2) is 5.15. The van der Waals surface area contributed by atoms with E-state index in [4.69, 9.17) is 9.84 Å². The van der Waals surface area contributed by atoms with Crippen LogP contribution in [0.15, 0.2) is 0 Å². The van der Waals surface area contributed by atoms with E-state index in [1.165, 1.54) is 0 Å². The molecule has 1 heterocycles. The van der Waals surface area contributed by atoms with E-state index in [1.54, 1.807) is 7.11 Å². The molecule has 2 aliphatic rings. The smallest absolute Gasteiger partial charge is 0.308 e. The van der Waals surface area contributed by atoms with Crippen molar-refractivity contribution >= 4 is 5.97 Å². The van der Waals surface area contributed by atoms with Gasteiger partial charge in [0, 0.05) is 26.2 Å². The van der Waals surface area contributed by atoms with Crippen molar-refractivity contribution in [2.45, 2.75) is 44.2 Å². The topological polar surface area (TPSA) is 49.8 Å². The molecule has 4 heteroatoms. The van der Waals surface area contributed by atoms with Crippen LogP contribution in [0.4, 0.5) is 0 Å². The van der Waals surface area contributed by atoms with Crippen LogP contribution in [0, 0.1) is 5.92 Å². The SMILES string of the molecule is COC1CCN(C2CCCC2C(=O)O)CC1. The molecule has 4 nitrogen and oxygen atoms in total. The third-order valence-corrected chi connectivity index (χ3v) is 4.08. The standard InChI is InChI=1S/C12H21NO3/c1-16-9-5-7-13(8-6-9)11-4-2-3-10(11)12(14)15/h9-11H,2-8H2,1H3,(H,14,15). The first-order chi connectivity index (χ1) is 7.72. The van der Waals surface area contributed by atoms with Gasteiger partial charge in [-0.05, 0) is 25.7 Å². The summed E-state index contributed by atoms with van der Waals surface area (Å²) < 4.78 is 5.33. The molecule has 2 unspecified atom stereocenters. The van der Waals surface area contributed by atoms with Crippen molar-refractivity contribution < 1.29 is 14.6 Å². The van der Waals surface area contributed by atoms with Gasteiger partial charge in [-0.15, -0.1) is 0 Å². The monoisotopic (exact) mass is 227 g/mol. The van der Waals surface area contributed by atoms with Crippen LogP contribution in [0.1, 0.15) is 32.1 Å². The number of likely N-dealkylation sites (tertiary alicyclic amines) is 1. The molecule has 16 heavy (non-hydrogen) atoms. The lowest BCUT2D eigenvalue weighted by Gasteiger charge is -2.37. The molecular formula is C12H21NO3. The third-order valence-electron chi connectivity index (χ3n) is 4.08. The molecule has 2 rings (SSSR count). The van der Waals surface area contributed by atoms with Gasteiger partial charge in [0.25, 0.3) is 0 Å². The quantitative estimate of drug-likeness (QED) is 0.790. The predicted molar refractivity (Wildman–Crippen MR) is 60.4 cm³/mol. The molecule has 1 aliphatic heterocycles. The molecular weight excluding hydrogens is 206 g/mol. The van der Waals surface area contributed by atoms with E-state index < -0.39 is 5.97 Å². The van der Waals surface area contributed by atoms with Gasteiger partial charge in [-0.3, -0.25) is 9.69 Å². The maximum absolute atomic E-state index is 11.1. The molecule has 1 N–H and O–H groups in total. The van der Waals surface area contributed by atoms with Gasteiger partial charge in [-0.2, -0.15) is 0 Å². The van der Waals surface area contributed by atoms with Crippen LogP contribution < -0.4 is 0 Å². The van der Waals surface area contributed by atoms with Gasteiger partial charge in [-0.1, -0.05) is 6.42 Å². The van der Waals surface area contributed by atoms with Crippen molar-refractivity contribution in [1.29, 1.82) is 0 Å². The Morgan fingerprint density at radius 3 is 2.50 bits per heavy atom. The van der Waals surface area contributed by atoms with Crippen LogP contribution in [-0.2, 0) is 9.53 Å². The number of carbonyl (C=O) groups is 1. The van der Waals surface area contributed by atoms with Crippen molar-refractivity contribution in [3.63, 3.8) is 0 Å². The fourth-order valence-corrected chi connectivity index (χ4v) is 3.11. The number of nitrogens with zero attached hydrogens (tertiary/aromatic N) is 1. The van der Waals surface area contributed by atoms with Gasteiger partial charge in [0.15, 0.2) is 0 Å². The minimum atomic E-state index is -0.614. The number of hydrogen-bond donors (Lipinski definition) is 1. The third kappa shape index (κ3) is 2.38. The minimum Gasteiger partial charge on any atom is -0.481 e. The zero-order chi connectivity index (χ0) is 11.5. The summed E-state index contributed by atoms with van der Waals surface area (Å²) in [6.45, 7) is 1.99. The summed E-state index contributed by atoms with van der Waals surface area (Å²) in [4.78, 5) is 13.5. The average molecular weight is 227 g/mol. The second-order valence-corrected chi connectivity index (χ2v) is 4.91. The van der Waals surface area contributed by atoms with Crippen molar-refractivity contribution in [2.24, 2.45) is 5.92 Å². The van der Waals surface area contributed by atoms with E-state index in [0.717, 1.165) is 45.2 Å². The van der Waals surface area contributed by atoms with E-state index >= 15 is 0 Å². The predicted octanol–water partition coefficient (Wildman–Crippen LogP) is 1.35. The Morgan fingerprint density at radius 1 is 1.25 bits per heavy atom. The highest BCUT2D eigenvalue weighted by atomic mass is 16.5. The summed E-state index contributed by atoms with van der Waals surface area (Å²) in [5.41, 5.74) is 0. The van der Waals surface area contributed by atoms with Crippen molar-refractivity contribution in [3.8, 4) is 0 Å². The highest BCUT2D eigenvalue weighted by Crippen LogP contribution is 2.32. The Morgan fingerprint density at radius 2 is 1.94 bits per heavy atom. The highest BCUT2D eigenvalue weighted by molar-refractivity contribution is 5.71. The average Bonchev–Trinajstić information content (AvgIpc) is 2.78. The molecule has 1 aliphatic carbocycles. The molecule has 0 aromatic carbocycles. The first-order valence-electron chi connectivity index (χ1n) is 6.22. The van der Waals surface area contributed by atoms with E-state index in [0.29, 0.717) is 6.10 Å². The Bertz CT molecular complexity index is 249. The van der Waals surface area contributed by atoms with E-state index in [1.807, 2.05) is 0 Å². The molecule has 2 fully saturated rings. The Kier molecular flexibility index (Phi) is 3.82. The van der Waals surface area contributed by atoms with Gasteiger partial charge in [0.1, 0.15) is 0 Å². The summed E-state index contributed by atoms with van der Waals surface area (Å²) in [6.07, 6.45) is 5.42. The number of hydrogen-bond acceptors (Lipinski definition) is 3. The Labute approximate surface area is 96.6 Å². The fraction of sp³-hybridized carbons (Fsp3) is 0.917. The number of ether oxygens (including phenoxy) is 1. The first kappa shape index (κ1) is 11.9.